The van der Waals surface area contributed by atoms with Crippen molar-refractivity contribution in [2.45, 2.75) is 32.2 Å². The average Bonchev–Trinajstić information content (AvgIpc) is 3.32. The van der Waals surface area contributed by atoms with Crippen molar-refractivity contribution in [2.75, 3.05) is 0 Å². The van der Waals surface area contributed by atoms with Crippen LogP contribution in [0.15, 0.2) is 62.6 Å². The number of carbonyl (C=O) groups excluding carboxylic acids is 2. The number of Topliss-reactive ketones (excluding diaryl/α,β-unsaturated/α-hetero) is 2. The van der Waals surface area contributed by atoms with Crippen LogP contribution in [0.5, 0.6) is 0 Å². The Morgan fingerprint density at radius 3 is 2.57 bits per heavy atom. The normalized spacial score (nSPS) is 12.7. The second-order valence-corrected chi connectivity index (χ2v) is 9.17. The van der Waals surface area contributed by atoms with Gasteiger partial charge in [0.25, 0.3) is 5.56 Å². The molecule has 184 valence electrons. The van der Waals surface area contributed by atoms with Gasteiger partial charge in [-0.25, -0.2) is 4.79 Å². The van der Waals surface area contributed by atoms with Crippen LogP contribution in [0.3, 0.4) is 0 Å². The van der Waals surface area contributed by atoms with E-state index >= 15 is 0 Å². The van der Waals surface area contributed by atoms with E-state index in [-0.39, 0.29) is 30.4 Å². The number of hydrogen-bond acceptors (Lipinski definition) is 7. The number of nitrogens with one attached hydrogen (secondary N) is 1. The van der Waals surface area contributed by atoms with Crippen molar-refractivity contribution < 1.29 is 14.1 Å². The van der Waals surface area contributed by atoms with E-state index in [1.165, 1.54) is 10.6 Å². The highest BCUT2D eigenvalue weighted by molar-refractivity contribution is 6.31. The number of halogens is 1. The standard InChI is InChI=1S/C27H19ClN4O5/c28-18-9-8-17(13-29)20(11-18)21-12-24(35)32(22-2-1-3-23(34)25(21)22)14-19(33)10-15-4-6-16(7-5-15)26-30-27(36)37-31-26/h4-9,11-12H,1-3,10,14H2,(H,30,31,36). The van der Waals surface area contributed by atoms with Gasteiger partial charge in [-0.3, -0.25) is 23.9 Å². The van der Waals surface area contributed by atoms with Crippen molar-refractivity contribution in [3.05, 3.63) is 96.8 Å². The zero-order chi connectivity index (χ0) is 26.1. The maximum absolute atomic E-state index is 13.2. The number of nitriles is 1. The molecule has 0 bridgehead atoms. The van der Waals surface area contributed by atoms with Crippen molar-refractivity contribution >= 4 is 23.2 Å². The van der Waals surface area contributed by atoms with E-state index < -0.39 is 11.3 Å². The summed E-state index contributed by atoms with van der Waals surface area (Å²) in [7, 11) is 0. The lowest BCUT2D eigenvalue weighted by atomic mass is 9.86. The van der Waals surface area contributed by atoms with Crippen molar-refractivity contribution in [2.24, 2.45) is 0 Å². The molecule has 0 radical (unpaired) electrons. The summed E-state index contributed by atoms with van der Waals surface area (Å²) in [4.78, 5) is 52.8. The molecule has 1 aliphatic rings. The molecule has 0 fully saturated rings. The van der Waals surface area contributed by atoms with Gasteiger partial charge in [-0.2, -0.15) is 5.26 Å². The van der Waals surface area contributed by atoms with Crippen LogP contribution < -0.4 is 11.3 Å². The molecule has 9 nitrogen and oxygen atoms in total. The minimum absolute atomic E-state index is 0.0688. The summed E-state index contributed by atoms with van der Waals surface area (Å²) < 4.78 is 5.87. The molecule has 0 spiro atoms. The summed E-state index contributed by atoms with van der Waals surface area (Å²) in [6.45, 7) is -0.187. The van der Waals surface area contributed by atoms with Gasteiger partial charge in [0.05, 0.1) is 18.2 Å². The fourth-order valence-corrected chi connectivity index (χ4v) is 4.80. The molecule has 2 heterocycles. The van der Waals surface area contributed by atoms with Crippen LogP contribution in [0.1, 0.15) is 40.0 Å². The molecule has 0 saturated carbocycles. The van der Waals surface area contributed by atoms with Gasteiger partial charge >= 0.3 is 5.76 Å². The predicted octanol–water partition coefficient (Wildman–Crippen LogP) is 3.71. The molecular weight excluding hydrogens is 496 g/mol. The molecule has 4 aromatic rings. The first-order valence-corrected chi connectivity index (χ1v) is 11.9. The minimum Gasteiger partial charge on any atom is -0.304 e. The van der Waals surface area contributed by atoms with Crippen LogP contribution in [0.25, 0.3) is 22.5 Å². The zero-order valence-corrected chi connectivity index (χ0v) is 20.2. The van der Waals surface area contributed by atoms with Gasteiger partial charge < -0.3 is 4.57 Å². The van der Waals surface area contributed by atoms with Crippen LogP contribution >= 0.6 is 11.6 Å². The third-order valence-corrected chi connectivity index (χ3v) is 6.54. The summed E-state index contributed by atoms with van der Waals surface area (Å²) in [5, 5.41) is 13.6. The Kier molecular flexibility index (Phi) is 6.42. The molecule has 0 unspecified atom stereocenters. The molecule has 0 amide bonds. The van der Waals surface area contributed by atoms with Crippen LogP contribution in [0.4, 0.5) is 0 Å². The molecule has 0 aliphatic heterocycles. The zero-order valence-electron chi connectivity index (χ0n) is 19.4. The number of aromatic nitrogens is 3. The number of ketones is 2. The van der Waals surface area contributed by atoms with E-state index in [2.05, 4.69) is 20.7 Å². The number of nitrogens with zero attached hydrogens (tertiary/aromatic N) is 3. The second-order valence-electron chi connectivity index (χ2n) is 8.74. The lowest BCUT2D eigenvalue weighted by Crippen LogP contribution is -2.32. The van der Waals surface area contributed by atoms with Gasteiger partial charge in [0.2, 0.25) is 0 Å². The average molecular weight is 515 g/mol. The molecule has 1 N–H and O–H groups in total. The highest BCUT2D eigenvalue weighted by atomic mass is 35.5. The summed E-state index contributed by atoms with van der Waals surface area (Å²) >= 11 is 6.16. The van der Waals surface area contributed by atoms with Crippen molar-refractivity contribution in [1.82, 2.24) is 14.7 Å². The lowest BCUT2D eigenvalue weighted by Gasteiger charge is -2.23. The van der Waals surface area contributed by atoms with Crippen LogP contribution in [0, 0.1) is 11.3 Å². The Hall–Kier alpha value is -4.55. The van der Waals surface area contributed by atoms with E-state index in [0.717, 1.165) is 0 Å². The van der Waals surface area contributed by atoms with Crippen molar-refractivity contribution in [1.29, 1.82) is 5.26 Å². The Morgan fingerprint density at radius 1 is 1.08 bits per heavy atom. The molecule has 1 aliphatic carbocycles. The summed E-state index contributed by atoms with van der Waals surface area (Å²) in [5.41, 5.74) is 2.87. The maximum atomic E-state index is 13.2. The van der Waals surface area contributed by atoms with E-state index in [9.17, 15) is 24.4 Å². The number of carbonyl (C=O) groups is 2. The van der Waals surface area contributed by atoms with E-state index in [1.54, 1.807) is 42.5 Å². The summed E-state index contributed by atoms with van der Waals surface area (Å²) in [6.07, 6.45) is 1.41. The molecule has 0 saturated heterocycles. The van der Waals surface area contributed by atoms with Crippen LogP contribution in [0.2, 0.25) is 5.02 Å². The minimum atomic E-state index is -0.660. The topological polar surface area (TPSA) is 139 Å². The van der Waals surface area contributed by atoms with E-state index in [1.807, 2.05) is 0 Å². The lowest BCUT2D eigenvalue weighted by molar-refractivity contribution is -0.119. The molecule has 0 atom stereocenters. The third kappa shape index (κ3) is 4.79. The molecule has 10 heteroatoms. The van der Waals surface area contributed by atoms with Crippen molar-refractivity contribution in [3.63, 3.8) is 0 Å². The fraction of sp³-hybridized carbons (Fsp3) is 0.185. The molecular formula is C27H19ClN4O5. The first-order valence-electron chi connectivity index (χ1n) is 11.5. The number of aromatic amines is 1. The van der Waals surface area contributed by atoms with Crippen LogP contribution in [-0.2, 0) is 24.2 Å². The first-order chi connectivity index (χ1) is 17.8. The van der Waals surface area contributed by atoms with E-state index in [0.29, 0.717) is 63.4 Å². The number of fused-ring (bicyclic) bond motifs is 1. The maximum Gasteiger partial charge on any atom is 0.439 e. The quantitative estimate of drug-likeness (QED) is 0.413. The Bertz CT molecular complexity index is 1710. The van der Waals surface area contributed by atoms with Crippen molar-refractivity contribution in [3.8, 4) is 28.6 Å². The summed E-state index contributed by atoms with van der Waals surface area (Å²) in [5.74, 6) is -0.724. The first kappa shape index (κ1) is 24.2. The SMILES string of the molecule is N#Cc1ccc(Cl)cc1-c1cc(=O)n(CC(=O)Cc2ccc(-c3noc(=O)[nH]3)cc2)c2c1C(=O)CCC2. The Balaban J connectivity index is 1.46. The van der Waals surface area contributed by atoms with Gasteiger partial charge in [0, 0.05) is 51.9 Å². The Morgan fingerprint density at radius 2 is 1.86 bits per heavy atom. The number of rotatable bonds is 6. The fourth-order valence-electron chi connectivity index (χ4n) is 4.63. The smallest absolute Gasteiger partial charge is 0.304 e. The number of benzene rings is 2. The van der Waals surface area contributed by atoms with Gasteiger partial charge in [0.15, 0.2) is 17.4 Å². The van der Waals surface area contributed by atoms with Crippen LogP contribution in [-0.4, -0.2) is 26.3 Å². The number of hydrogen-bond donors (Lipinski definition) is 1. The predicted molar refractivity (Wildman–Crippen MR) is 134 cm³/mol. The van der Waals surface area contributed by atoms with Gasteiger partial charge in [0.1, 0.15) is 0 Å². The molecule has 2 aromatic heterocycles. The third-order valence-electron chi connectivity index (χ3n) is 6.31. The monoisotopic (exact) mass is 514 g/mol. The number of H-pyrrole nitrogens is 1. The highest BCUT2D eigenvalue weighted by Crippen LogP contribution is 2.34. The molecule has 5 rings (SSSR count). The highest BCUT2D eigenvalue weighted by Gasteiger charge is 2.27. The van der Waals surface area contributed by atoms with Gasteiger partial charge in [-0.1, -0.05) is 41.0 Å². The van der Waals surface area contributed by atoms with Gasteiger partial charge in [-0.05, 0) is 36.6 Å². The molecule has 2 aromatic carbocycles. The largest absolute Gasteiger partial charge is 0.439 e. The number of pyridine rings is 1. The van der Waals surface area contributed by atoms with Gasteiger partial charge in [-0.15, -0.1) is 0 Å². The molecule has 37 heavy (non-hydrogen) atoms. The van der Waals surface area contributed by atoms with E-state index in [4.69, 9.17) is 11.6 Å². The summed E-state index contributed by atoms with van der Waals surface area (Å²) in [6, 6.07) is 15.0. The second kappa shape index (κ2) is 9.84. The Labute approximate surface area is 214 Å².